The lowest BCUT2D eigenvalue weighted by Gasteiger charge is -2.27. The number of phenols is 1. The molecule has 0 amide bonds. The number of nitrogens with one attached hydrogen (secondary N) is 1. The third kappa shape index (κ3) is 6.92. The first-order valence-electron chi connectivity index (χ1n) is 12.5. The minimum atomic E-state index is -0.340. The maximum atomic E-state index is 9.81. The van der Waals surface area contributed by atoms with Crippen molar-refractivity contribution in [1.29, 1.82) is 0 Å². The normalized spacial score (nSPS) is 15.4. The Morgan fingerprint density at radius 3 is 2.51 bits per heavy atom. The second-order valence-electron chi connectivity index (χ2n) is 10.3. The van der Waals surface area contributed by atoms with E-state index in [-0.39, 0.29) is 5.54 Å². The number of aromatic hydroxyl groups is 1. The summed E-state index contributed by atoms with van der Waals surface area (Å²) in [7, 11) is 1.71. The molecule has 3 aromatic rings. The number of aryl methyl sites for hydroxylation is 2. The van der Waals surface area contributed by atoms with Crippen LogP contribution in [0.4, 0.5) is 5.69 Å². The zero-order valence-electron chi connectivity index (χ0n) is 21.1. The van der Waals surface area contributed by atoms with E-state index in [1.165, 1.54) is 22.3 Å². The minimum absolute atomic E-state index is 0.340. The lowest BCUT2D eigenvalue weighted by molar-refractivity contribution is 0.243. The Balaban J connectivity index is 1.35. The summed E-state index contributed by atoms with van der Waals surface area (Å²) in [5.74, 6) is 2.53. The van der Waals surface area contributed by atoms with Gasteiger partial charge in [0.15, 0.2) is 0 Å². The van der Waals surface area contributed by atoms with Gasteiger partial charge < -0.3 is 25.6 Å². The van der Waals surface area contributed by atoms with Gasteiger partial charge in [-0.05, 0) is 104 Å². The van der Waals surface area contributed by atoms with E-state index in [9.17, 15) is 5.11 Å². The molecule has 186 valence electrons. The number of hydrogen-bond donors (Lipinski definition) is 3. The molecule has 5 nitrogen and oxygen atoms in total. The lowest BCUT2D eigenvalue weighted by atomic mass is 9.79. The predicted molar refractivity (Wildman–Crippen MR) is 143 cm³/mol. The molecule has 0 saturated carbocycles. The Morgan fingerprint density at radius 2 is 1.77 bits per heavy atom. The summed E-state index contributed by atoms with van der Waals surface area (Å²) in [5.41, 5.74) is 12.1. The summed E-state index contributed by atoms with van der Waals surface area (Å²) >= 11 is 0. The smallest absolute Gasteiger partial charge is 0.120 e. The number of anilines is 1. The topological polar surface area (TPSA) is 76.7 Å². The molecule has 0 saturated heterocycles. The monoisotopic (exact) mass is 474 g/mol. The Bertz CT molecular complexity index is 1120. The Labute approximate surface area is 209 Å². The molecule has 0 spiro atoms. The molecule has 0 aromatic heterocycles. The quantitative estimate of drug-likeness (QED) is 0.322. The zero-order valence-corrected chi connectivity index (χ0v) is 21.1. The van der Waals surface area contributed by atoms with E-state index >= 15 is 0 Å². The highest BCUT2D eigenvalue weighted by Gasteiger charge is 2.23. The maximum Gasteiger partial charge on any atom is 0.120 e. The number of nitrogens with two attached hydrogens (primary N) is 1. The van der Waals surface area contributed by atoms with Crippen LogP contribution in [0.5, 0.6) is 17.2 Å². The predicted octanol–water partition coefficient (Wildman–Crippen LogP) is 5.83. The molecule has 1 aliphatic rings. The number of methoxy groups -OCH3 is 1. The van der Waals surface area contributed by atoms with Gasteiger partial charge in [-0.3, -0.25) is 0 Å². The molecular formula is C30H38N2O3. The van der Waals surface area contributed by atoms with Crippen molar-refractivity contribution in [2.24, 2.45) is 5.73 Å². The molecule has 4 N–H and O–H groups in total. The van der Waals surface area contributed by atoms with E-state index < -0.39 is 0 Å². The average Bonchev–Trinajstić information content (AvgIpc) is 2.85. The number of hydrogen-bond acceptors (Lipinski definition) is 5. The fourth-order valence-corrected chi connectivity index (χ4v) is 4.72. The maximum absolute atomic E-state index is 9.81. The van der Waals surface area contributed by atoms with Gasteiger partial charge in [0, 0.05) is 23.8 Å². The minimum Gasteiger partial charge on any atom is -0.508 e. The fourth-order valence-electron chi connectivity index (χ4n) is 4.72. The van der Waals surface area contributed by atoms with Crippen molar-refractivity contribution >= 4 is 5.69 Å². The van der Waals surface area contributed by atoms with E-state index in [0.29, 0.717) is 18.3 Å². The summed E-state index contributed by atoms with van der Waals surface area (Å²) in [6.07, 6.45) is 5.08. The van der Waals surface area contributed by atoms with Crippen LogP contribution in [0.25, 0.3) is 0 Å². The molecule has 0 heterocycles. The molecule has 0 aliphatic heterocycles. The number of phenolic OH excluding ortho intramolecular Hbond substituents is 1. The highest BCUT2D eigenvalue weighted by molar-refractivity contribution is 5.57. The van der Waals surface area contributed by atoms with Crippen molar-refractivity contribution < 1.29 is 14.6 Å². The Morgan fingerprint density at radius 1 is 1.00 bits per heavy atom. The second kappa shape index (κ2) is 11.0. The number of ether oxygens (including phenoxy) is 2. The molecule has 0 radical (unpaired) electrons. The number of benzene rings is 3. The van der Waals surface area contributed by atoms with Crippen LogP contribution in [0.2, 0.25) is 0 Å². The first kappa shape index (κ1) is 24.9. The first-order chi connectivity index (χ1) is 16.8. The molecule has 0 bridgehead atoms. The Hall–Kier alpha value is -3.18. The van der Waals surface area contributed by atoms with Gasteiger partial charge in [-0.2, -0.15) is 0 Å². The van der Waals surface area contributed by atoms with E-state index in [0.717, 1.165) is 55.8 Å². The standard InChI is InChI=1S/C30H38N2O3/c1-30(2,31)20-35-26-12-6-21(7-13-26)5-4-16-32-29-19-27(34-3)14-15-28(29)24-9-8-23-18-25(33)11-10-22(23)17-24/h6-7,10-15,18-19,24,32-33H,4-5,8-9,16-17,20,31H2,1-3H3/t24-/m1/s1. The van der Waals surface area contributed by atoms with Crippen LogP contribution in [0.15, 0.2) is 60.7 Å². The van der Waals surface area contributed by atoms with Gasteiger partial charge in [-0.15, -0.1) is 0 Å². The fraction of sp³-hybridized carbons (Fsp3) is 0.400. The van der Waals surface area contributed by atoms with Gasteiger partial charge in [-0.25, -0.2) is 0 Å². The van der Waals surface area contributed by atoms with Crippen molar-refractivity contribution in [2.75, 3.05) is 25.6 Å². The number of rotatable bonds is 10. The van der Waals surface area contributed by atoms with E-state index in [4.69, 9.17) is 15.2 Å². The third-order valence-electron chi connectivity index (χ3n) is 6.61. The van der Waals surface area contributed by atoms with Crippen LogP contribution in [0, 0.1) is 0 Å². The molecule has 5 heteroatoms. The van der Waals surface area contributed by atoms with Crippen molar-refractivity contribution in [3.8, 4) is 17.2 Å². The molecule has 4 rings (SSSR count). The van der Waals surface area contributed by atoms with Crippen molar-refractivity contribution in [3.63, 3.8) is 0 Å². The van der Waals surface area contributed by atoms with E-state index in [1.54, 1.807) is 13.2 Å². The summed E-state index contributed by atoms with van der Waals surface area (Å²) < 4.78 is 11.3. The van der Waals surface area contributed by atoms with Gasteiger partial charge in [0.05, 0.1) is 7.11 Å². The van der Waals surface area contributed by atoms with Crippen molar-refractivity contribution in [2.45, 2.75) is 57.4 Å². The van der Waals surface area contributed by atoms with Crippen molar-refractivity contribution in [3.05, 3.63) is 82.9 Å². The highest BCUT2D eigenvalue weighted by Crippen LogP contribution is 2.38. The largest absolute Gasteiger partial charge is 0.508 e. The zero-order chi connectivity index (χ0) is 24.8. The molecule has 0 fully saturated rings. The summed E-state index contributed by atoms with van der Waals surface area (Å²) in [5, 5.41) is 13.5. The summed E-state index contributed by atoms with van der Waals surface area (Å²) in [6.45, 7) is 5.30. The van der Waals surface area contributed by atoms with Crippen LogP contribution < -0.4 is 20.5 Å². The van der Waals surface area contributed by atoms with Crippen LogP contribution in [0.3, 0.4) is 0 Å². The summed E-state index contributed by atoms with van der Waals surface area (Å²) in [4.78, 5) is 0. The third-order valence-corrected chi connectivity index (χ3v) is 6.61. The van der Waals surface area contributed by atoms with Crippen LogP contribution >= 0.6 is 0 Å². The van der Waals surface area contributed by atoms with Gasteiger partial charge in [-0.1, -0.05) is 24.3 Å². The first-order valence-corrected chi connectivity index (χ1v) is 12.5. The van der Waals surface area contributed by atoms with Crippen LogP contribution in [-0.4, -0.2) is 30.9 Å². The Kier molecular flexibility index (Phi) is 7.86. The molecule has 3 aromatic carbocycles. The van der Waals surface area contributed by atoms with Crippen LogP contribution in [0.1, 0.15) is 54.9 Å². The van der Waals surface area contributed by atoms with E-state index in [2.05, 4.69) is 41.7 Å². The van der Waals surface area contributed by atoms with E-state index in [1.807, 2.05) is 32.0 Å². The van der Waals surface area contributed by atoms with Crippen LogP contribution in [-0.2, 0) is 19.3 Å². The SMILES string of the molecule is COc1ccc([C@@H]2CCc3cc(O)ccc3C2)c(NCCCc2ccc(OCC(C)(C)N)cc2)c1. The summed E-state index contributed by atoms with van der Waals surface area (Å²) in [6, 6.07) is 20.5. The second-order valence-corrected chi connectivity index (χ2v) is 10.3. The van der Waals surface area contributed by atoms with Gasteiger partial charge >= 0.3 is 0 Å². The molecule has 35 heavy (non-hydrogen) atoms. The molecule has 0 unspecified atom stereocenters. The lowest BCUT2D eigenvalue weighted by Crippen LogP contribution is -2.38. The molecular weight excluding hydrogens is 436 g/mol. The highest BCUT2D eigenvalue weighted by atomic mass is 16.5. The van der Waals surface area contributed by atoms with Gasteiger partial charge in [0.1, 0.15) is 23.9 Å². The molecule has 1 aliphatic carbocycles. The molecule has 1 atom stereocenters. The average molecular weight is 475 g/mol. The number of fused-ring (bicyclic) bond motifs is 1. The van der Waals surface area contributed by atoms with Crippen molar-refractivity contribution in [1.82, 2.24) is 0 Å². The van der Waals surface area contributed by atoms with Gasteiger partial charge in [0.2, 0.25) is 0 Å². The van der Waals surface area contributed by atoms with Gasteiger partial charge in [0.25, 0.3) is 0 Å².